The first-order chi connectivity index (χ1) is 13.5. The van der Waals surface area contributed by atoms with E-state index in [4.69, 9.17) is 4.74 Å². The fourth-order valence-corrected chi connectivity index (χ4v) is 2.78. The number of ether oxygens (including phenoxy) is 1. The van der Waals surface area contributed by atoms with E-state index in [1.54, 1.807) is 0 Å². The van der Waals surface area contributed by atoms with Gasteiger partial charge in [0, 0.05) is 18.5 Å². The molecule has 0 aromatic heterocycles. The molecule has 2 aromatic rings. The quantitative estimate of drug-likeness (QED) is 0.582. The molecule has 28 heavy (non-hydrogen) atoms. The Morgan fingerprint density at radius 1 is 1.04 bits per heavy atom. The standard InChI is InChI=1S/C23H30N2O3/c1-4-22(26)25-20-13-11-19(12-14-20)18(3)24-23(27)10-5-6-15-28-21-9-7-8-17(2)16-21/h7-9,11-14,16,18H,4-6,10,15H2,1-3H3,(H,24,27)(H,25,26). The van der Waals surface area contributed by atoms with Crippen LogP contribution in [0.3, 0.4) is 0 Å². The van der Waals surface area contributed by atoms with Gasteiger partial charge in [-0.2, -0.15) is 0 Å². The van der Waals surface area contributed by atoms with E-state index >= 15 is 0 Å². The second-order valence-corrected chi connectivity index (χ2v) is 6.94. The number of nitrogens with one attached hydrogen (secondary N) is 2. The van der Waals surface area contributed by atoms with Gasteiger partial charge in [-0.05, 0) is 62.1 Å². The topological polar surface area (TPSA) is 67.4 Å². The highest BCUT2D eigenvalue weighted by Gasteiger charge is 2.10. The first-order valence-corrected chi connectivity index (χ1v) is 9.86. The highest BCUT2D eigenvalue weighted by Crippen LogP contribution is 2.17. The Morgan fingerprint density at radius 2 is 1.79 bits per heavy atom. The number of unbranched alkanes of at least 4 members (excludes halogenated alkanes) is 1. The van der Waals surface area contributed by atoms with Gasteiger partial charge in [0.15, 0.2) is 0 Å². The molecule has 2 rings (SSSR count). The summed E-state index contributed by atoms with van der Waals surface area (Å²) in [7, 11) is 0. The number of carbonyl (C=O) groups excluding carboxylic acids is 2. The molecule has 1 unspecified atom stereocenters. The summed E-state index contributed by atoms with van der Waals surface area (Å²) in [5.41, 5.74) is 2.94. The lowest BCUT2D eigenvalue weighted by molar-refractivity contribution is -0.122. The average molecular weight is 383 g/mol. The highest BCUT2D eigenvalue weighted by molar-refractivity contribution is 5.90. The van der Waals surface area contributed by atoms with Crippen molar-refractivity contribution in [1.82, 2.24) is 5.32 Å². The summed E-state index contributed by atoms with van der Waals surface area (Å²) in [6.07, 6.45) is 2.55. The fourth-order valence-electron chi connectivity index (χ4n) is 2.78. The Kier molecular flexibility index (Phi) is 8.53. The smallest absolute Gasteiger partial charge is 0.224 e. The third kappa shape index (κ3) is 7.43. The van der Waals surface area contributed by atoms with E-state index in [0.29, 0.717) is 19.4 Å². The van der Waals surface area contributed by atoms with Crippen LogP contribution in [0.15, 0.2) is 48.5 Å². The molecule has 0 fully saturated rings. The molecule has 0 saturated carbocycles. The lowest BCUT2D eigenvalue weighted by Crippen LogP contribution is -2.26. The highest BCUT2D eigenvalue weighted by atomic mass is 16.5. The zero-order valence-electron chi connectivity index (χ0n) is 17.0. The molecule has 0 radical (unpaired) electrons. The summed E-state index contributed by atoms with van der Waals surface area (Å²) < 4.78 is 5.70. The molecular formula is C23H30N2O3. The van der Waals surface area contributed by atoms with Gasteiger partial charge >= 0.3 is 0 Å². The minimum atomic E-state index is -0.0769. The van der Waals surface area contributed by atoms with Crippen molar-refractivity contribution in [1.29, 1.82) is 0 Å². The van der Waals surface area contributed by atoms with Gasteiger partial charge in [0.2, 0.25) is 11.8 Å². The van der Waals surface area contributed by atoms with Crippen molar-refractivity contribution in [3.8, 4) is 5.75 Å². The molecule has 5 heteroatoms. The number of benzene rings is 2. The number of aryl methyl sites for hydroxylation is 1. The first kappa shape index (κ1) is 21.5. The van der Waals surface area contributed by atoms with E-state index in [1.807, 2.05) is 69.3 Å². The molecule has 0 spiro atoms. The average Bonchev–Trinajstić information content (AvgIpc) is 2.68. The Labute approximate surface area is 167 Å². The van der Waals surface area contributed by atoms with Gasteiger partial charge in [0.05, 0.1) is 12.6 Å². The summed E-state index contributed by atoms with van der Waals surface area (Å²) in [5, 5.41) is 5.83. The maximum absolute atomic E-state index is 12.1. The van der Waals surface area contributed by atoms with Crippen LogP contribution in [0, 0.1) is 6.92 Å². The number of anilines is 1. The minimum Gasteiger partial charge on any atom is -0.494 e. The summed E-state index contributed by atoms with van der Waals surface area (Å²) in [6, 6.07) is 15.4. The van der Waals surface area contributed by atoms with Crippen molar-refractivity contribution >= 4 is 17.5 Å². The SMILES string of the molecule is CCC(=O)Nc1ccc(C(C)NC(=O)CCCCOc2cccc(C)c2)cc1. The van der Waals surface area contributed by atoms with Gasteiger partial charge in [0.25, 0.3) is 0 Å². The molecule has 1 atom stereocenters. The Balaban J connectivity index is 1.67. The summed E-state index contributed by atoms with van der Waals surface area (Å²) in [5.74, 6) is 0.892. The van der Waals surface area contributed by atoms with Gasteiger partial charge < -0.3 is 15.4 Å². The Hall–Kier alpha value is -2.82. The molecule has 0 aliphatic rings. The Morgan fingerprint density at radius 3 is 2.46 bits per heavy atom. The lowest BCUT2D eigenvalue weighted by Gasteiger charge is -2.15. The normalized spacial score (nSPS) is 11.5. The van der Waals surface area contributed by atoms with Crippen molar-refractivity contribution in [3.05, 3.63) is 59.7 Å². The van der Waals surface area contributed by atoms with Gasteiger partial charge in [-0.25, -0.2) is 0 Å². The van der Waals surface area contributed by atoms with E-state index in [2.05, 4.69) is 10.6 Å². The minimum absolute atomic E-state index is 0.0134. The van der Waals surface area contributed by atoms with Crippen LogP contribution >= 0.6 is 0 Å². The molecule has 2 aromatic carbocycles. The molecule has 2 amide bonds. The number of amides is 2. The molecule has 5 nitrogen and oxygen atoms in total. The second kappa shape index (κ2) is 11.1. The van der Waals surface area contributed by atoms with Crippen LogP contribution in [-0.4, -0.2) is 18.4 Å². The summed E-state index contributed by atoms with van der Waals surface area (Å²) in [6.45, 7) is 6.42. The second-order valence-electron chi connectivity index (χ2n) is 6.94. The first-order valence-electron chi connectivity index (χ1n) is 9.86. The maximum Gasteiger partial charge on any atom is 0.224 e. The zero-order valence-corrected chi connectivity index (χ0v) is 17.0. The van der Waals surface area contributed by atoms with Gasteiger partial charge in [-0.15, -0.1) is 0 Å². The monoisotopic (exact) mass is 382 g/mol. The van der Waals surface area contributed by atoms with Crippen LogP contribution in [0.1, 0.15) is 56.7 Å². The van der Waals surface area contributed by atoms with Crippen molar-refractivity contribution in [2.75, 3.05) is 11.9 Å². The zero-order chi connectivity index (χ0) is 20.4. The van der Waals surface area contributed by atoms with E-state index in [1.165, 1.54) is 5.56 Å². The fraction of sp³-hybridized carbons (Fsp3) is 0.391. The van der Waals surface area contributed by atoms with E-state index in [0.717, 1.165) is 29.8 Å². The van der Waals surface area contributed by atoms with Gasteiger partial charge in [-0.3, -0.25) is 9.59 Å². The van der Waals surface area contributed by atoms with Crippen LogP contribution in [0.5, 0.6) is 5.75 Å². The molecule has 0 saturated heterocycles. The molecule has 0 aliphatic carbocycles. The number of hydrogen-bond acceptors (Lipinski definition) is 3. The molecule has 0 bridgehead atoms. The molecule has 0 aliphatic heterocycles. The molecule has 0 heterocycles. The van der Waals surface area contributed by atoms with E-state index in [9.17, 15) is 9.59 Å². The van der Waals surface area contributed by atoms with Gasteiger partial charge in [0.1, 0.15) is 5.75 Å². The number of carbonyl (C=O) groups is 2. The van der Waals surface area contributed by atoms with Crippen LogP contribution in [0.4, 0.5) is 5.69 Å². The van der Waals surface area contributed by atoms with Crippen LogP contribution in [-0.2, 0) is 9.59 Å². The van der Waals surface area contributed by atoms with Crippen molar-refractivity contribution in [2.24, 2.45) is 0 Å². The number of hydrogen-bond donors (Lipinski definition) is 2. The molecule has 150 valence electrons. The molecular weight excluding hydrogens is 352 g/mol. The summed E-state index contributed by atoms with van der Waals surface area (Å²) in [4.78, 5) is 23.6. The predicted octanol–water partition coefficient (Wildman–Crippen LogP) is 4.77. The Bertz CT molecular complexity index is 772. The van der Waals surface area contributed by atoms with Crippen molar-refractivity contribution in [2.45, 2.75) is 52.5 Å². The third-order valence-electron chi connectivity index (χ3n) is 4.45. The summed E-state index contributed by atoms with van der Waals surface area (Å²) >= 11 is 0. The van der Waals surface area contributed by atoms with Crippen LogP contribution < -0.4 is 15.4 Å². The van der Waals surface area contributed by atoms with Crippen LogP contribution in [0.25, 0.3) is 0 Å². The van der Waals surface area contributed by atoms with E-state index in [-0.39, 0.29) is 17.9 Å². The van der Waals surface area contributed by atoms with E-state index < -0.39 is 0 Å². The third-order valence-corrected chi connectivity index (χ3v) is 4.45. The van der Waals surface area contributed by atoms with Crippen LogP contribution in [0.2, 0.25) is 0 Å². The maximum atomic E-state index is 12.1. The van der Waals surface area contributed by atoms with Crippen molar-refractivity contribution < 1.29 is 14.3 Å². The molecule has 2 N–H and O–H groups in total. The number of rotatable bonds is 10. The van der Waals surface area contributed by atoms with Crippen molar-refractivity contribution in [3.63, 3.8) is 0 Å². The lowest BCUT2D eigenvalue weighted by atomic mass is 10.1. The predicted molar refractivity (Wildman–Crippen MR) is 112 cm³/mol. The van der Waals surface area contributed by atoms with Gasteiger partial charge in [-0.1, -0.05) is 31.2 Å². The largest absolute Gasteiger partial charge is 0.494 e.